The number of rotatable bonds is 5. The minimum absolute atomic E-state index is 0.225. The van der Waals surface area contributed by atoms with Gasteiger partial charge in [0.25, 0.3) is 0 Å². The number of ether oxygens (including phenoxy) is 2. The van der Waals surface area contributed by atoms with Gasteiger partial charge >= 0.3 is 5.97 Å². The van der Waals surface area contributed by atoms with Crippen molar-refractivity contribution in [1.29, 1.82) is 0 Å². The summed E-state index contributed by atoms with van der Waals surface area (Å²) >= 11 is 0. The average Bonchev–Trinajstić information content (AvgIpc) is 2.55. The molecule has 4 heteroatoms. The number of carbonyl (C=O) groups excluding carboxylic acids is 2. The van der Waals surface area contributed by atoms with Crippen molar-refractivity contribution in [2.24, 2.45) is 0 Å². The van der Waals surface area contributed by atoms with Crippen LogP contribution in [0.1, 0.15) is 38.8 Å². The van der Waals surface area contributed by atoms with Gasteiger partial charge in [-0.05, 0) is 38.5 Å². The fourth-order valence-electron chi connectivity index (χ4n) is 2.18. The Hall–Kier alpha value is -2.62. The quantitative estimate of drug-likeness (QED) is 0.623. The van der Waals surface area contributed by atoms with Crippen LogP contribution in [0.2, 0.25) is 0 Å². The number of ketones is 1. The zero-order chi connectivity index (χ0) is 17.0. The highest BCUT2D eigenvalue weighted by Gasteiger charge is 2.20. The molecule has 2 aromatic carbocycles. The van der Waals surface area contributed by atoms with E-state index in [0.717, 1.165) is 11.1 Å². The molecule has 120 valence electrons. The summed E-state index contributed by atoms with van der Waals surface area (Å²) in [5.41, 5.74) is 2.87. The molecule has 0 amide bonds. The van der Waals surface area contributed by atoms with E-state index >= 15 is 0 Å². The van der Waals surface area contributed by atoms with E-state index in [1.807, 2.05) is 26.0 Å². The molecule has 0 bridgehead atoms. The van der Waals surface area contributed by atoms with Gasteiger partial charge in [-0.1, -0.05) is 35.9 Å². The summed E-state index contributed by atoms with van der Waals surface area (Å²) in [6.45, 7) is 5.41. The Morgan fingerprint density at radius 2 is 1.57 bits per heavy atom. The lowest BCUT2D eigenvalue weighted by Gasteiger charge is -2.13. The third-order valence-corrected chi connectivity index (χ3v) is 3.63. The maximum absolute atomic E-state index is 12.3. The van der Waals surface area contributed by atoms with E-state index in [1.165, 1.54) is 0 Å². The third kappa shape index (κ3) is 3.97. The van der Waals surface area contributed by atoms with Gasteiger partial charge in [0.15, 0.2) is 6.10 Å². The van der Waals surface area contributed by atoms with E-state index in [4.69, 9.17) is 9.47 Å². The highest BCUT2D eigenvalue weighted by molar-refractivity contribution is 6.01. The summed E-state index contributed by atoms with van der Waals surface area (Å²) in [6, 6.07) is 12.2. The fourth-order valence-corrected chi connectivity index (χ4v) is 2.18. The summed E-state index contributed by atoms with van der Waals surface area (Å²) in [5.74, 6) is -0.161. The van der Waals surface area contributed by atoms with Gasteiger partial charge in [0.2, 0.25) is 5.78 Å². The van der Waals surface area contributed by atoms with Crippen LogP contribution in [0.5, 0.6) is 5.75 Å². The Morgan fingerprint density at radius 3 is 2.17 bits per heavy atom. The lowest BCUT2D eigenvalue weighted by molar-refractivity contribution is 0.0318. The summed E-state index contributed by atoms with van der Waals surface area (Å²) in [5, 5.41) is 0. The normalized spacial score (nSPS) is 11.7. The molecule has 4 nitrogen and oxygen atoms in total. The molecule has 1 atom stereocenters. The van der Waals surface area contributed by atoms with Gasteiger partial charge in [-0.15, -0.1) is 0 Å². The number of hydrogen-bond acceptors (Lipinski definition) is 4. The number of aryl methyl sites for hydroxylation is 2. The molecule has 23 heavy (non-hydrogen) atoms. The second-order valence-electron chi connectivity index (χ2n) is 5.46. The number of carbonyl (C=O) groups is 2. The second-order valence-corrected chi connectivity index (χ2v) is 5.46. The van der Waals surface area contributed by atoms with Crippen LogP contribution in [0.4, 0.5) is 0 Å². The Bertz CT molecular complexity index is 717. The summed E-state index contributed by atoms with van der Waals surface area (Å²) in [6.07, 6.45) is -0.850. The van der Waals surface area contributed by atoms with Crippen molar-refractivity contribution in [3.05, 3.63) is 64.7 Å². The van der Waals surface area contributed by atoms with Crippen molar-refractivity contribution in [2.75, 3.05) is 7.11 Å². The maximum Gasteiger partial charge on any atom is 0.338 e. The number of Topliss-reactive ketones (excluding diaryl/α,β-unsaturated/α-hetero) is 1. The minimum Gasteiger partial charge on any atom is -0.496 e. The molecule has 2 rings (SSSR count). The van der Waals surface area contributed by atoms with Gasteiger partial charge in [0.1, 0.15) is 5.75 Å². The number of hydrogen-bond donors (Lipinski definition) is 0. The molecule has 0 saturated heterocycles. The molecule has 0 saturated carbocycles. The molecule has 0 radical (unpaired) electrons. The Balaban J connectivity index is 2.10. The van der Waals surface area contributed by atoms with E-state index in [2.05, 4.69) is 0 Å². The monoisotopic (exact) mass is 312 g/mol. The van der Waals surface area contributed by atoms with E-state index in [9.17, 15) is 9.59 Å². The zero-order valence-electron chi connectivity index (χ0n) is 13.8. The maximum atomic E-state index is 12.3. The van der Waals surface area contributed by atoms with E-state index in [0.29, 0.717) is 16.9 Å². The summed E-state index contributed by atoms with van der Waals surface area (Å²) < 4.78 is 10.5. The smallest absolute Gasteiger partial charge is 0.338 e. The fraction of sp³-hybridized carbons (Fsp3) is 0.263. The van der Waals surface area contributed by atoms with Crippen molar-refractivity contribution in [3.8, 4) is 5.75 Å². The number of methoxy groups -OCH3 is 1. The molecular formula is C19H20O4. The SMILES string of the molecule is COc1cc(C(=O)O[C@H](C)C(=O)c2ccc(C)cc2)ccc1C. The largest absolute Gasteiger partial charge is 0.496 e. The molecule has 0 aliphatic rings. The van der Waals surface area contributed by atoms with Crippen LogP contribution >= 0.6 is 0 Å². The van der Waals surface area contributed by atoms with Crippen LogP contribution in [0.15, 0.2) is 42.5 Å². The van der Waals surface area contributed by atoms with Gasteiger partial charge in [-0.2, -0.15) is 0 Å². The molecule has 0 unspecified atom stereocenters. The predicted octanol–water partition coefficient (Wildman–Crippen LogP) is 3.74. The molecule has 0 fully saturated rings. The van der Waals surface area contributed by atoms with Crippen LogP contribution < -0.4 is 4.74 Å². The van der Waals surface area contributed by atoms with Crippen LogP contribution in [0, 0.1) is 13.8 Å². The Morgan fingerprint density at radius 1 is 0.957 bits per heavy atom. The van der Waals surface area contributed by atoms with Crippen LogP contribution in [0.25, 0.3) is 0 Å². The molecule has 0 aliphatic carbocycles. The highest BCUT2D eigenvalue weighted by atomic mass is 16.5. The Labute approximate surface area is 136 Å². The molecule has 0 aromatic heterocycles. The minimum atomic E-state index is -0.850. The van der Waals surface area contributed by atoms with Crippen molar-refractivity contribution in [1.82, 2.24) is 0 Å². The molecule has 0 N–H and O–H groups in total. The topological polar surface area (TPSA) is 52.6 Å². The first-order chi connectivity index (χ1) is 10.9. The lowest BCUT2D eigenvalue weighted by Crippen LogP contribution is -2.24. The number of esters is 1. The van der Waals surface area contributed by atoms with Crippen LogP contribution in [0.3, 0.4) is 0 Å². The highest BCUT2D eigenvalue weighted by Crippen LogP contribution is 2.20. The number of benzene rings is 2. The van der Waals surface area contributed by atoms with Gasteiger partial charge in [0.05, 0.1) is 12.7 Å². The molecule has 0 heterocycles. The van der Waals surface area contributed by atoms with Crippen molar-refractivity contribution < 1.29 is 19.1 Å². The third-order valence-electron chi connectivity index (χ3n) is 3.63. The van der Waals surface area contributed by atoms with Gasteiger partial charge in [-0.3, -0.25) is 4.79 Å². The first-order valence-electron chi connectivity index (χ1n) is 7.39. The zero-order valence-corrected chi connectivity index (χ0v) is 13.8. The van der Waals surface area contributed by atoms with E-state index < -0.39 is 12.1 Å². The first kappa shape index (κ1) is 16.7. The molecule has 0 aliphatic heterocycles. The lowest BCUT2D eigenvalue weighted by atomic mass is 10.1. The van der Waals surface area contributed by atoms with Crippen molar-refractivity contribution in [3.63, 3.8) is 0 Å². The second kappa shape index (κ2) is 7.09. The summed E-state index contributed by atoms with van der Waals surface area (Å²) in [7, 11) is 1.54. The van der Waals surface area contributed by atoms with Gasteiger partial charge in [-0.25, -0.2) is 4.79 Å². The van der Waals surface area contributed by atoms with Crippen LogP contribution in [-0.4, -0.2) is 25.0 Å². The first-order valence-corrected chi connectivity index (χ1v) is 7.39. The standard InChI is InChI=1S/C19H20O4/c1-12-5-8-15(9-6-12)18(20)14(3)23-19(21)16-10-7-13(2)17(11-16)22-4/h5-11,14H,1-4H3/t14-/m1/s1. The Kier molecular flexibility index (Phi) is 5.16. The molecule has 2 aromatic rings. The predicted molar refractivity (Wildman–Crippen MR) is 88.1 cm³/mol. The van der Waals surface area contributed by atoms with Crippen molar-refractivity contribution in [2.45, 2.75) is 26.9 Å². The summed E-state index contributed by atoms with van der Waals surface area (Å²) in [4.78, 5) is 24.5. The van der Waals surface area contributed by atoms with E-state index in [-0.39, 0.29) is 5.78 Å². The molecule has 0 spiro atoms. The van der Waals surface area contributed by atoms with Gasteiger partial charge in [0, 0.05) is 5.56 Å². The van der Waals surface area contributed by atoms with Crippen LogP contribution in [-0.2, 0) is 4.74 Å². The molecular weight excluding hydrogens is 292 g/mol. The van der Waals surface area contributed by atoms with Gasteiger partial charge < -0.3 is 9.47 Å². The van der Waals surface area contributed by atoms with E-state index in [1.54, 1.807) is 44.4 Å². The average molecular weight is 312 g/mol. The van der Waals surface area contributed by atoms with Crippen molar-refractivity contribution >= 4 is 11.8 Å².